The molecule has 1 aromatic rings. The standard InChI is InChI=1S/C25H41NO2S2/c1-2-3-4-5-6-7-8-9-10-11-12-13-19-24(29)26-22-17-14-15-18-23(22)30-21-16-20-25(27)28/h14-15,17-18H,2-13,16,19-21H2,1H3,(H,26,29)(H,27,28). The van der Waals surface area contributed by atoms with Gasteiger partial charge in [-0.2, -0.15) is 0 Å². The third kappa shape index (κ3) is 14.8. The molecule has 30 heavy (non-hydrogen) atoms. The molecule has 0 fully saturated rings. The highest BCUT2D eigenvalue weighted by Gasteiger charge is 2.06. The van der Waals surface area contributed by atoms with E-state index in [2.05, 4.69) is 18.3 Å². The first-order valence-electron chi connectivity index (χ1n) is 11.9. The Morgan fingerprint density at radius 2 is 1.43 bits per heavy atom. The van der Waals surface area contributed by atoms with Crippen LogP contribution in [0.3, 0.4) is 0 Å². The average molecular weight is 452 g/mol. The van der Waals surface area contributed by atoms with Crippen molar-refractivity contribution >= 4 is 40.6 Å². The van der Waals surface area contributed by atoms with Crippen molar-refractivity contribution in [2.75, 3.05) is 11.1 Å². The van der Waals surface area contributed by atoms with E-state index in [1.165, 1.54) is 70.6 Å². The molecule has 0 saturated heterocycles. The van der Waals surface area contributed by atoms with Crippen molar-refractivity contribution in [1.29, 1.82) is 0 Å². The fraction of sp³-hybridized carbons (Fsp3) is 0.680. The normalized spacial score (nSPS) is 10.8. The van der Waals surface area contributed by atoms with Crippen LogP contribution in [0.5, 0.6) is 0 Å². The highest BCUT2D eigenvalue weighted by Crippen LogP contribution is 2.28. The number of aliphatic carboxylic acids is 1. The Morgan fingerprint density at radius 3 is 2.03 bits per heavy atom. The van der Waals surface area contributed by atoms with Gasteiger partial charge in [-0.25, -0.2) is 0 Å². The number of unbranched alkanes of at least 4 members (excludes halogenated alkanes) is 11. The molecular weight excluding hydrogens is 410 g/mol. The smallest absolute Gasteiger partial charge is 0.303 e. The Hall–Kier alpha value is -1.07. The highest BCUT2D eigenvalue weighted by atomic mass is 32.2. The molecule has 1 rings (SSSR count). The van der Waals surface area contributed by atoms with Crippen molar-refractivity contribution in [3.8, 4) is 0 Å². The molecular formula is C25H41NO2S2. The van der Waals surface area contributed by atoms with E-state index in [0.29, 0.717) is 6.42 Å². The van der Waals surface area contributed by atoms with E-state index in [4.69, 9.17) is 17.3 Å². The van der Waals surface area contributed by atoms with Crippen molar-refractivity contribution in [2.45, 2.75) is 108 Å². The number of hydrogen-bond donors (Lipinski definition) is 2. The summed E-state index contributed by atoms with van der Waals surface area (Å²) < 4.78 is 0. The summed E-state index contributed by atoms with van der Waals surface area (Å²) in [6, 6.07) is 8.14. The molecule has 0 unspecified atom stereocenters. The molecule has 0 aliphatic rings. The summed E-state index contributed by atoms with van der Waals surface area (Å²) in [6.07, 6.45) is 18.1. The third-order valence-corrected chi connectivity index (χ3v) is 6.68. The minimum absolute atomic E-state index is 0.222. The molecule has 0 amide bonds. The molecule has 0 aromatic heterocycles. The molecule has 170 valence electrons. The molecule has 1 aromatic carbocycles. The van der Waals surface area contributed by atoms with Gasteiger partial charge in [0.05, 0.1) is 10.7 Å². The van der Waals surface area contributed by atoms with Gasteiger partial charge in [-0.3, -0.25) is 4.79 Å². The van der Waals surface area contributed by atoms with Crippen LogP contribution in [0.25, 0.3) is 0 Å². The predicted octanol–water partition coefficient (Wildman–Crippen LogP) is 8.47. The molecule has 0 bridgehead atoms. The Kier molecular flexibility index (Phi) is 16.8. The van der Waals surface area contributed by atoms with Crippen LogP contribution in [0.2, 0.25) is 0 Å². The van der Waals surface area contributed by atoms with Gasteiger partial charge in [-0.15, -0.1) is 11.8 Å². The Balaban J connectivity index is 2.08. The fourth-order valence-electron chi connectivity index (χ4n) is 3.44. The maximum atomic E-state index is 10.6. The second kappa shape index (κ2) is 18.7. The van der Waals surface area contributed by atoms with Crippen LogP contribution in [0, 0.1) is 0 Å². The molecule has 3 nitrogen and oxygen atoms in total. The zero-order valence-corrected chi connectivity index (χ0v) is 20.4. The summed E-state index contributed by atoms with van der Waals surface area (Å²) in [7, 11) is 0. The second-order valence-corrected chi connectivity index (χ2v) is 9.66. The number of nitrogens with one attached hydrogen (secondary N) is 1. The summed E-state index contributed by atoms with van der Waals surface area (Å²) in [4.78, 5) is 12.7. The van der Waals surface area contributed by atoms with E-state index in [1.807, 2.05) is 18.2 Å². The van der Waals surface area contributed by atoms with Gasteiger partial charge in [0.2, 0.25) is 0 Å². The van der Waals surface area contributed by atoms with Crippen LogP contribution in [0.15, 0.2) is 29.2 Å². The number of thioether (sulfide) groups is 1. The van der Waals surface area contributed by atoms with Gasteiger partial charge in [0.15, 0.2) is 0 Å². The van der Waals surface area contributed by atoms with Gasteiger partial charge in [0.1, 0.15) is 0 Å². The van der Waals surface area contributed by atoms with E-state index in [-0.39, 0.29) is 6.42 Å². The van der Waals surface area contributed by atoms with Crippen LogP contribution < -0.4 is 5.32 Å². The first kappa shape index (κ1) is 27.0. The lowest BCUT2D eigenvalue weighted by Crippen LogP contribution is -2.09. The van der Waals surface area contributed by atoms with E-state index >= 15 is 0 Å². The van der Waals surface area contributed by atoms with Crippen LogP contribution in [0.4, 0.5) is 5.69 Å². The van der Waals surface area contributed by atoms with Crippen LogP contribution in [0.1, 0.15) is 103 Å². The number of anilines is 1. The number of rotatable bonds is 19. The molecule has 5 heteroatoms. The first-order valence-corrected chi connectivity index (χ1v) is 13.3. The lowest BCUT2D eigenvalue weighted by Gasteiger charge is -2.12. The zero-order chi connectivity index (χ0) is 21.9. The van der Waals surface area contributed by atoms with Gasteiger partial charge in [0, 0.05) is 11.3 Å². The SMILES string of the molecule is CCCCCCCCCCCCCCC(=S)Nc1ccccc1SCCCC(=O)O. The second-order valence-electron chi connectivity index (χ2n) is 8.03. The van der Waals surface area contributed by atoms with Gasteiger partial charge in [0.25, 0.3) is 0 Å². The minimum Gasteiger partial charge on any atom is -0.481 e. The van der Waals surface area contributed by atoms with Crippen LogP contribution in [-0.4, -0.2) is 21.8 Å². The van der Waals surface area contributed by atoms with Gasteiger partial charge < -0.3 is 10.4 Å². The highest BCUT2D eigenvalue weighted by molar-refractivity contribution is 7.99. The first-order chi connectivity index (χ1) is 14.6. The van der Waals surface area contributed by atoms with Crippen molar-refractivity contribution in [1.82, 2.24) is 0 Å². The number of para-hydroxylation sites is 1. The summed E-state index contributed by atoms with van der Waals surface area (Å²) in [5.74, 6) is 0.0711. The number of thiocarbonyl (C=S) groups is 1. The van der Waals surface area contributed by atoms with Crippen molar-refractivity contribution in [3.63, 3.8) is 0 Å². The molecule has 0 aliphatic heterocycles. The van der Waals surface area contributed by atoms with E-state index in [0.717, 1.165) is 34.2 Å². The molecule has 2 N–H and O–H groups in total. The van der Waals surface area contributed by atoms with E-state index < -0.39 is 5.97 Å². The molecule has 0 atom stereocenters. The Labute approximate surface area is 193 Å². The summed E-state index contributed by atoms with van der Waals surface area (Å²) in [5.41, 5.74) is 1.04. The summed E-state index contributed by atoms with van der Waals surface area (Å²) >= 11 is 7.24. The monoisotopic (exact) mass is 451 g/mol. The van der Waals surface area contributed by atoms with Gasteiger partial charge >= 0.3 is 5.97 Å². The predicted molar refractivity (Wildman–Crippen MR) is 136 cm³/mol. The van der Waals surface area contributed by atoms with Crippen LogP contribution in [-0.2, 0) is 4.79 Å². The van der Waals surface area contributed by atoms with E-state index in [1.54, 1.807) is 11.8 Å². The zero-order valence-electron chi connectivity index (χ0n) is 18.8. The number of carboxylic acids is 1. The van der Waals surface area contributed by atoms with Crippen molar-refractivity contribution < 1.29 is 9.90 Å². The Morgan fingerprint density at radius 1 is 0.867 bits per heavy atom. The lowest BCUT2D eigenvalue weighted by molar-refractivity contribution is -0.137. The van der Waals surface area contributed by atoms with Gasteiger partial charge in [-0.05, 0) is 37.1 Å². The topological polar surface area (TPSA) is 49.3 Å². The van der Waals surface area contributed by atoms with E-state index in [9.17, 15) is 4.79 Å². The molecule has 0 heterocycles. The number of hydrogen-bond acceptors (Lipinski definition) is 3. The minimum atomic E-state index is -0.731. The number of carbonyl (C=O) groups is 1. The molecule has 0 aliphatic carbocycles. The van der Waals surface area contributed by atoms with Crippen molar-refractivity contribution in [2.24, 2.45) is 0 Å². The number of carboxylic acid groups (broad SMARTS) is 1. The maximum absolute atomic E-state index is 10.6. The summed E-state index contributed by atoms with van der Waals surface area (Å²) in [5, 5.41) is 12.2. The molecule has 0 radical (unpaired) electrons. The quantitative estimate of drug-likeness (QED) is 0.125. The molecule has 0 spiro atoms. The van der Waals surface area contributed by atoms with Gasteiger partial charge in [-0.1, -0.05) is 102 Å². The lowest BCUT2D eigenvalue weighted by atomic mass is 10.0. The van der Waals surface area contributed by atoms with Crippen molar-refractivity contribution in [3.05, 3.63) is 24.3 Å². The fourth-order valence-corrected chi connectivity index (χ4v) is 4.65. The Bertz CT molecular complexity index is 592. The summed E-state index contributed by atoms with van der Waals surface area (Å²) in [6.45, 7) is 2.27. The molecule has 0 saturated carbocycles. The average Bonchev–Trinajstić information content (AvgIpc) is 2.73. The number of benzene rings is 1. The largest absolute Gasteiger partial charge is 0.481 e. The van der Waals surface area contributed by atoms with Crippen LogP contribution >= 0.6 is 24.0 Å². The maximum Gasteiger partial charge on any atom is 0.303 e. The third-order valence-electron chi connectivity index (χ3n) is 5.21.